The van der Waals surface area contributed by atoms with E-state index in [0.29, 0.717) is 5.92 Å². The summed E-state index contributed by atoms with van der Waals surface area (Å²) in [4.78, 5) is 9.01. The van der Waals surface area contributed by atoms with Gasteiger partial charge in [-0.05, 0) is 37.8 Å². The molecule has 20 heavy (non-hydrogen) atoms. The Kier molecular flexibility index (Phi) is 4.55. The van der Waals surface area contributed by atoms with Gasteiger partial charge in [-0.2, -0.15) is 0 Å². The van der Waals surface area contributed by atoms with Crippen LogP contribution in [0.5, 0.6) is 5.75 Å². The normalized spacial score (nSPS) is 13.5. The number of phenols is 1. The van der Waals surface area contributed by atoms with E-state index in [1.165, 1.54) is 0 Å². The molecule has 0 aliphatic heterocycles. The van der Waals surface area contributed by atoms with Gasteiger partial charge in [0.05, 0.1) is 5.69 Å². The molecule has 0 fully saturated rings. The second-order valence-corrected chi connectivity index (χ2v) is 5.93. The number of nitrogens with zero attached hydrogens (tertiary/aromatic N) is 2. The van der Waals surface area contributed by atoms with Crippen molar-refractivity contribution < 1.29 is 5.11 Å². The molecule has 0 saturated carbocycles. The highest BCUT2D eigenvalue weighted by molar-refractivity contribution is 7.13. The molecule has 1 unspecified atom stereocenters. The van der Waals surface area contributed by atoms with E-state index in [-0.39, 0.29) is 5.75 Å². The summed E-state index contributed by atoms with van der Waals surface area (Å²) in [5.41, 5.74) is 3.93. The molecule has 1 N–H and O–H groups in total. The fraction of sp³-hybridized carbons (Fsp3) is 0.375. The van der Waals surface area contributed by atoms with Crippen LogP contribution in [0.1, 0.15) is 32.8 Å². The molecule has 0 amide bonds. The quantitative estimate of drug-likeness (QED) is 0.808. The summed E-state index contributed by atoms with van der Waals surface area (Å²) in [6.45, 7) is 8.39. The van der Waals surface area contributed by atoms with E-state index in [2.05, 4.69) is 18.8 Å². The van der Waals surface area contributed by atoms with Crippen molar-refractivity contribution in [1.82, 2.24) is 4.98 Å². The minimum atomic E-state index is 0.233. The summed E-state index contributed by atoms with van der Waals surface area (Å²) in [6.07, 6.45) is 2.84. The van der Waals surface area contributed by atoms with Crippen LogP contribution >= 0.6 is 11.3 Å². The number of hydrogen-bond donors (Lipinski definition) is 1. The van der Waals surface area contributed by atoms with Gasteiger partial charge in [-0.1, -0.05) is 13.8 Å². The molecule has 0 radical (unpaired) electrons. The van der Waals surface area contributed by atoms with Crippen LogP contribution in [-0.2, 0) is 0 Å². The van der Waals surface area contributed by atoms with E-state index in [4.69, 9.17) is 4.99 Å². The van der Waals surface area contributed by atoms with Crippen molar-refractivity contribution >= 4 is 22.7 Å². The Morgan fingerprint density at radius 1 is 1.45 bits per heavy atom. The topological polar surface area (TPSA) is 45.5 Å². The second kappa shape index (κ2) is 6.18. The summed E-state index contributed by atoms with van der Waals surface area (Å²) in [7, 11) is 0. The molecule has 3 nitrogen and oxygen atoms in total. The minimum Gasteiger partial charge on any atom is -0.508 e. The summed E-state index contributed by atoms with van der Waals surface area (Å²) >= 11 is 1.57. The number of aliphatic imine (C=N–C) groups is 1. The largest absolute Gasteiger partial charge is 0.508 e. The Bertz CT molecular complexity index is 618. The smallest absolute Gasteiger partial charge is 0.123 e. The monoisotopic (exact) mass is 288 g/mol. The fourth-order valence-electron chi connectivity index (χ4n) is 1.97. The van der Waals surface area contributed by atoms with Crippen molar-refractivity contribution in [3.8, 4) is 16.3 Å². The zero-order valence-corrected chi connectivity index (χ0v) is 13.2. The van der Waals surface area contributed by atoms with Crippen LogP contribution in [-0.4, -0.2) is 15.8 Å². The van der Waals surface area contributed by atoms with Gasteiger partial charge in [0, 0.05) is 28.9 Å². The van der Waals surface area contributed by atoms with Crippen molar-refractivity contribution in [2.75, 3.05) is 0 Å². The number of aromatic nitrogens is 1. The number of thiazole rings is 1. The third-order valence-corrected chi connectivity index (χ3v) is 4.46. The zero-order valence-electron chi connectivity index (χ0n) is 12.3. The summed E-state index contributed by atoms with van der Waals surface area (Å²) in [5, 5.41) is 12.8. The predicted molar refractivity (Wildman–Crippen MR) is 86.2 cm³/mol. The molecule has 106 valence electrons. The highest BCUT2D eigenvalue weighted by atomic mass is 32.1. The van der Waals surface area contributed by atoms with Gasteiger partial charge in [-0.3, -0.25) is 4.99 Å². The minimum absolute atomic E-state index is 0.233. The molecular formula is C16H20N2OS. The number of rotatable bonds is 4. The summed E-state index contributed by atoms with van der Waals surface area (Å²) in [6, 6.07) is 3.48. The van der Waals surface area contributed by atoms with Gasteiger partial charge >= 0.3 is 0 Å². The van der Waals surface area contributed by atoms with E-state index in [0.717, 1.165) is 34.0 Å². The predicted octanol–water partition coefficient (Wildman–Crippen LogP) is 4.96. The van der Waals surface area contributed by atoms with Crippen LogP contribution in [0.15, 0.2) is 28.7 Å². The van der Waals surface area contributed by atoms with E-state index in [1.54, 1.807) is 29.7 Å². The average Bonchev–Trinajstić information content (AvgIpc) is 2.95. The Labute approximate surface area is 124 Å². The van der Waals surface area contributed by atoms with Crippen LogP contribution in [0, 0.1) is 12.8 Å². The van der Waals surface area contributed by atoms with Gasteiger partial charge < -0.3 is 5.11 Å². The molecule has 0 bridgehead atoms. The summed E-state index contributed by atoms with van der Waals surface area (Å²) in [5.74, 6) is 0.677. The molecule has 4 heteroatoms. The molecule has 0 saturated heterocycles. The first kappa shape index (κ1) is 14.7. The second-order valence-electron chi connectivity index (χ2n) is 5.04. The van der Waals surface area contributed by atoms with Crippen molar-refractivity contribution in [2.24, 2.45) is 10.9 Å². The lowest BCUT2D eigenvalue weighted by atomic mass is 10.0. The molecular weight excluding hydrogens is 268 g/mol. The van der Waals surface area contributed by atoms with Crippen LogP contribution in [0.2, 0.25) is 0 Å². The molecule has 0 spiro atoms. The first-order valence-electron chi connectivity index (χ1n) is 6.81. The first-order valence-corrected chi connectivity index (χ1v) is 7.69. The fourth-order valence-corrected chi connectivity index (χ4v) is 2.69. The molecule has 0 aliphatic carbocycles. The molecule has 2 aromatic rings. The number of benzene rings is 1. The lowest BCUT2D eigenvalue weighted by Crippen LogP contribution is -2.04. The average molecular weight is 288 g/mol. The Balaban J connectivity index is 2.50. The lowest BCUT2D eigenvalue weighted by Gasteiger charge is -2.11. The molecule has 1 heterocycles. The van der Waals surface area contributed by atoms with E-state index in [9.17, 15) is 5.11 Å². The van der Waals surface area contributed by atoms with Crippen molar-refractivity contribution in [2.45, 2.75) is 34.1 Å². The van der Waals surface area contributed by atoms with Crippen LogP contribution in [0.25, 0.3) is 10.6 Å². The maximum Gasteiger partial charge on any atom is 0.123 e. The zero-order chi connectivity index (χ0) is 14.7. The van der Waals surface area contributed by atoms with E-state index < -0.39 is 0 Å². The SMILES string of the molecule is CCC(C)/C(C)=N\c1cc(O)cc(-c2nccs2)c1C. The number of hydrogen-bond acceptors (Lipinski definition) is 4. The van der Waals surface area contributed by atoms with Crippen LogP contribution < -0.4 is 0 Å². The Morgan fingerprint density at radius 2 is 2.20 bits per heavy atom. The van der Waals surface area contributed by atoms with Gasteiger partial charge in [0.2, 0.25) is 0 Å². The third-order valence-electron chi connectivity index (χ3n) is 3.65. The first-order chi connectivity index (χ1) is 9.52. The highest BCUT2D eigenvalue weighted by Gasteiger charge is 2.12. The number of aromatic hydroxyl groups is 1. The highest BCUT2D eigenvalue weighted by Crippen LogP contribution is 2.35. The summed E-state index contributed by atoms with van der Waals surface area (Å²) < 4.78 is 0. The lowest BCUT2D eigenvalue weighted by molar-refractivity contribution is 0.475. The van der Waals surface area contributed by atoms with Gasteiger partial charge in [-0.25, -0.2) is 4.98 Å². The maximum absolute atomic E-state index is 9.93. The van der Waals surface area contributed by atoms with Gasteiger partial charge in [0.15, 0.2) is 0 Å². The Morgan fingerprint density at radius 3 is 2.80 bits per heavy atom. The third kappa shape index (κ3) is 3.07. The van der Waals surface area contributed by atoms with E-state index >= 15 is 0 Å². The Hall–Kier alpha value is -1.68. The van der Waals surface area contributed by atoms with Gasteiger partial charge in [0.1, 0.15) is 10.8 Å². The molecule has 1 aromatic heterocycles. The van der Waals surface area contributed by atoms with Crippen LogP contribution in [0.3, 0.4) is 0 Å². The van der Waals surface area contributed by atoms with E-state index in [1.807, 2.05) is 19.2 Å². The van der Waals surface area contributed by atoms with Gasteiger partial charge in [-0.15, -0.1) is 11.3 Å². The molecule has 0 aliphatic rings. The standard InChI is InChI=1S/C16H20N2OS/c1-5-10(2)12(4)18-15-9-13(19)8-14(11(15)3)16-17-6-7-20-16/h6-10,19H,5H2,1-4H3/b18-12-. The van der Waals surface area contributed by atoms with Gasteiger partial charge in [0.25, 0.3) is 0 Å². The van der Waals surface area contributed by atoms with Crippen molar-refractivity contribution in [3.05, 3.63) is 29.3 Å². The molecule has 1 atom stereocenters. The molecule has 1 aromatic carbocycles. The molecule has 2 rings (SSSR count). The van der Waals surface area contributed by atoms with Crippen LogP contribution in [0.4, 0.5) is 5.69 Å². The maximum atomic E-state index is 9.93. The van der Waals surface area contributed by atoms with Crippen molar-refractivity contribution in [1.29, 1.82) is 0 Å². The number of phenolic OH excluding ortho intramolecular Hbond substituents is 1. The van der Waals surface area contributed by atoms with Crippen molar-refractivity contribution in [3.63, 3.8) is 0 Å².